The molecule has 0 unspecified atom stereocenters. The second-order valence-electron chi connectivity index (χ2n) is 2.73. The lowest BCUT2D eigenvalue weighted by atomic mass is 10.6. The van der Waals surface area contributed by atoms with E-state index in [0.717, 1.165) is 0 Å². The third kappa shape index (κ3) is 4.90. The van der Waals surface area contributed by atoms with Crippen molar-refractivity contribution in [3.63, 3.8) is 0 Å². The maximum Gasteiger partial charge on any atom is 0.216 e. The van der Waals surface area contributed by atoms with Gasteiger partial charge < -0.3 is 9.84 Å². The molecule has 0 spiro atoms. The van der Waals surface area contributed by atoms with Crippen molar-refractivity contribution in [1.29, 1.82) is 0 Å². The van der Waals surface area contributed by atoms with Gasteiger partial charge >= 0.3 is 0 Å². The van der Waals surface area contributed by atoms with Gasteiger partial charge in [-0.25, -0.2) is 8.42 Å². The number of nitrogens with zero attached hydrogens (tertiary/aromatic N) is 1. The minimum atomic E-state index is -3.26. The van der Waals surface area contributed by atoms with Gasteiger partial charge in [-0.1, -0.05) is 6.92 Å². The van der Waals surface area contributed by atoms with Gasteiger partial charge in [0, 0.05) is 19.7 Å². The predicted octanol–water partition coefficient (Wildman–Crippen LogP) is -0.333. The molecule has 0 saturated carbocycles. The Bertz CT molecular complexity index is 227. The lowest BCUT2D eigenvalue weighted by Crippen LogP contribution is -2.36. The van der Waals surface area contributed by atoms with Crippen molar-refractivity contribution in [1.82, 2.24) is 4.31 Å². The Kier molecular flexibility index (Phi) is 7.08. The highest BCUT2D eigenvalue weighted by Gasteiger charge is 2.19. The third-order valence-corrected chi connectivity index (χ3v) is 3.70. The van der Waals surface area contributed by atoms with Gasteiger partial charge in [0.1, 0.15) is 0 Å². The van der Waals surface area contributed by atoms with Crippen LogP contribution < -0.4 is 0 Å². The van der Waals surface area contributed by atoms with Crippen LogP contribution >= 0.6 is 0 Å². The van der Waals surface area contributed by atoms with Gasteiger partial charge in [0.25, 0.3) is 0 Å². The Morgan fingerprint density at radius 3 is 2.43 bits per heavy atom. The van der Waals surface area contributed by atoms with Crippen molar-refractivity contribution in [2.75, 3.05) is 38.7 Å². The normalized spacial score (nSPS) is 12.3. The van der Waals surface area contributed by atoms with Gasteiger partial charge in [-0.3, -0.25) is 0 Å². The van der Waals surface area contributed by atoms with Gasteiger partial charge in [0.2, 0.25) is 10.0 Å². The van der Waals surface area contributed by atoms with Crippen LogP contribution in [-0.4, -0.2) is 56.5 Å². The Hall–Kier alpha value is -0.170. The minimum Gasteiger partial charge on any atom is -0.395 e. The molecule has 14 heavy (non-hydrogen) atoms. The zero-order valence-electron chi connectivity index (χ0n) is 8.77. The lowest BCUT2D eigenvalue weighted by molar-refractivity contribution is 0.162. The summed E-state index contributed by atoms with van der Waals surface area (Å²) in [5, 5.41) is 8.67. The summed E-state index contributed by atoms with van der Waals surface area (Å²) in [6.45, 7) is 4.68. The quantitative estimate of drug-likeness (QED) is 0.574. The zero-order chi connectivity index (χ0) is 11.0. The molecule has 0 aromatic heterocycles. The average molecular weight is 225 g/mol. The second kappa shape index (κ2) is 7.17. The van der Waals surface area contributed by atoms with Crippen LogP contribution in [0.3, 0.4) is 0 Å². The van der Waals surface area contributed by atoms with E-state index in [4.69, 9.17) is 9.84 Å². The number of sulfonamides is 1. The van der Waals surface area contributed by atoms with E-state index in [1.807, 2.05) is 6.92 Å². The molecule has 0 atom stereocenters. The van der Waals surface area contributed by atoms with Crippen LogP contribution in [-0.2, 0) is 14.8 Å². The fraction of sp³-hybridized carbons (Fsp3) is 1.00. The van der Waals surface area contributed by atoms with Crippen molar-refractivity contribution in [3.05, 3.63) is 0 Å². The van der Waals surface area contributed by atoms with Crippen LogP contribution in [0.25, 0.3) is 0 Å². The highest BCUT2D eigenvalue weighted by atomic mass is 32.2. The first-order chi connectivity index (χ1) is 6.58. The van der Waals surface area contributed by atoms with E-state index in [0.29, 0.717) is 13.2 Å². The summed E-state index contributed by atoms with van der Waals surface area (Å²) in [4.78, 5) is 0. The number of hydrogen-bond acceptors (Lipinski definition) is 4. The Balaban J connectivity index is 4.12. The highest BCUT2D eigenvalue weighted by Crippen LogP contribution is 2.00. The molecule has 0 aromatic carbocycles. The summed E-state index contributed by atoms with van der Waals surface area (Å²) in [6, 6.07) is 0. The summed E-state index contributed by atoms with van der Waals surface area (Å²) in [6.07, 6.45) is 0. The second-order valence-corrected chi connectivity index (χ2v) is 4.82. The van der Waals surface area contributed by atoms with E-state index in [1.165, 1.54) is 4.31 Å². The summed E-state index contributed by atoms with van der Waals surface area (Å²) in [5.74, 6) is -0.0192. The van der Waals surface area contributed by atoms with E-state index in [1.54, 1.807) is 6.92 Å². The van der Waals surface area contributed by atoms with Crippen LogP contribution in [0.15, 0.2) is 0 Å². The van der Waals surface area contributed by atoms with E-state index >= 15 is 0 Å². The smallest absolute Gasteiger partial charge is 0.216 e. The summed E-state index contributed by atoms with van der Waals surface area (Å²) < 4.78 is 29.4. The molecular formula is C8H19NO4S. The molecule has 0 bridgehead atoms. The summed E-state index contributed by atoms with van der Waals surface area (Å²) >= 11 is 0. The van der Waals surface area contributed by atoms with Crippen molar-refractivity contribution in [3.8, 4) is 0 Å². The van der Waals surface area contributed by atoms with Crippen LogP contribution in [0.5, 0.6) is 0 Å². The number of likely N-dealkylation sites (N-methyl/N-ethyl adjacent to an activating group) is 1. The molecule has 6 heteroatoms. The summed E-state index contributed by atoms with van der Waals surface area (Å²) in [7, 11) is -3.26. The SMILES string of the molecule is CCOCCS(=O)(=O)N(CC)CCO. The number of rotatable bonds is 8. The molecule has 0 aromatic rings. The molecule has 0 aliphatic heterocycles. The van der Waals surface area contributed by atoms with Crippen LogP contribution in [0, 0.1) is 0 Å². The monoisotopic (exact) mass is 225 g/mol. The van der Waals surface area contributed by atoms with Gasteiger partial charge in [-0.15, -0.1) is 0 Å². The molecule has 0 radical (unpaired) electrons. The molecule has 0 rings (SSSR count). The number of ether oxygens (including phenoxy) is 1. The maximum atomic E-state index is 11.6. The van der Waals surface area contributed by atoms with Gasteiger partial charge in [-0.05, 0) is 6.92 Å². The van der Waals surface area contributed by atoms with E-state index in [9.17, 15) is 8.42 Å². The first-order valence-electron chi connectivity index (χ1n) is 4.74. The van der Waals surface area contributed by atoms with Crippen molar-refractivity contribution < 1.29 is 18.3 Å². The number of hydrogen-bond donors (Lipinski definition) is 1. The number of aliphatic hydroxyl groups is 1. The van der Waals surface area contributed by atoms with Crippen LogP contribution in [0.1, 0.15) is 13.8 Å². The van der Waals surface area contributed by atoms with Crippen molar-refractivity contribution in [2.45, 2.75) is 13.8 Å². The fourth-order valence-electron chi connectivity index (χ4n) is 1.04. The number of aliphatic hydroxyl groups excluding tert-OH is 1. The molecule has 0 saturated heterocycles. The van der Waals surface area contributed by atoms with E-state index in [2.05, 4.69) is 0 Å². The zero-order valence-corrected chi connectivity index (χ0v) is 9.59. The Morgan fingerprint density at radius 1 is 1.36 bits per heavy atom. The largest absolute Gasteiger partial charge is 0.395 e. The van der Waals surface area contributed by atoms with Crippen molar-refractivity contribution in [2.24, 2.45) is 0 Å². The Morgan fingerprint density at radius 2 is 2.00 bits per heavy atom. The van der Waals surface area contributed by atoms with Gasteiger partial charge in [0.05, 0.1) is 19.0 Å². The highest BCUT2D eigenvalue weighted by molar-refractivity contribution is 7.89. The molecular weight excluding hydrogens is 206 g/mol. The third-order valence-electron chi connectivity index (χ3n) is 1.79. The molecule has 0 fully saturated rings. The van der Waals surface area contributed by atoms with Crippen LogP contribution in [0.4, 0.5) is 0 Å². The van der Waals surface area contributed by atoms with E-state index in [-0.39, 0.29) is 25.5 Å². The van der Waals surface area contributed by atoms with Gasteiger partial charge in [-0.2, -0.15) is 4.31 Å². The molecule has 0 amide bonds. The maximum absolute atomic E-state index is 11.6. The summed E-state index contributed by atoms with van der Waals surface area (Å²) in [5.41, 5.74) is 0. The first-order valence-corrected chi connectivity index (χ1v) is 6.35. The first kappa shape index (κ1) is 13.8. The fourth-order valence-corrected chi connectivity index (χ4v) is 2.38. The standard InChI is InChI=1S/C8H19NO4S/c1-3-9(5-6-10)14(11,12)8-7-13-4-2/h10H,3-8H2,1-2H3. The molecule has 1 N–H and O–H groups in total. The topological polar surface area (TPSA) is 66.8 Å². The predicted molar refractivity (Wildman–Crippen MR) is 54.6 cm³/mol. The molecule has 0 aliphatic carbocycles. The lowest BCUT2D eigenvalue weighted by Gasteiger charge is -2.18. The Labute approximate surface area is 85.7 Å². The van der Waals surface area contributed by atoms with Crippen molar-refractivity contribution >= 4 is 10.0 Å². The minimum absolute atomic E-state index is 0.0192. The molecule has 0 aliphatic rings. The van der Waals surface area contributed by atoms with Crippen LogP contribution in [0.2, 0.25) is 0 Å². The molecule has 0 heterocycles. The van der Waals surface area contributed by atoms with E-state index < -0.39 is 10.0 Å². The van der Waals surface area contributed by atoms with Gasteiger partial charge in [0.15, 0.2) is 0 Å². The molecule has 5 nitrogen and oxygen atoms in total. The average Bonchev–Trinajstić information content (AvgIpc) is 2.14. The molecule has 86 valence electrons.